The number of hydrogen-bond donors (Lipinski definition) is 1. The number of carbonyl (C=O) groups is 2. The van der Waals surface area contributed by atoms with E-state index in [0.29, 0.717) is 11.3 Å². The first kappa shape index (κ1) is 21.0. The smallest absolute Gasteiger partial charge is 0.416 e. The molecule has 3 atom stereocenters. The number of rotatable bonds is 3. The van der Waals surface area contributed by atoms with Gasteiger partial charge in [0.15, 0.2) is 6.10 Å². The van der Waals surface area contributed by atoms with Crippen LogP contribution in [0.3, 0.4) is 0 Å². The maximum absolute atomic E-state index is 13.5. The molecule has 0 saturated carbocycles. The molecule has 0 aromatic heterocycles. The number of alkyl halides is 3. The first-order valence-corrected chi connectivity index (χ1v) is 10.1. The van der Waals surface area contributed by atoms with Crippen LogP contribution in [-0.2, 0) is 20.6 Å². The summed E-state index contributed by atoms with van der Waals surface area (Å²) >= 11 is 0. The Morgan fingerprint density at radius 1 is 0.818 bits per heavy atom. The SMILES string of the molecule is O=C1[C@H]2[C@@H](c3ccc(O)cc3)N(c3ccccc3)O[C@H]2C(=O)N1c1cccc(C(F)(F)F)c1. The highest BCUT2D eigenvalue weighted by atomic mass is 19.4. The molecular weight excluding hydrogens is 437 g/mol. The standard InChI is InChI=1S/C24H17F3N2O4/c25-24(26,27)15-5-4-8-17(13-15)28-22(31)19-20(14-9-11-18(30)12-10-14)29(33-21(19)23(28)32)16-6-2-1-3-7-16/h1-13,19-21,30H/t19-,20+,21+/m0/s1. The van der Waals surface area contributed by atoms with Crippen LogP contribution in [-0.4, -0.2) is 23.0 Å². The van der Waals surface area contributed by atoms with Crippen LogP contribution in [0.15, 0.2) is 78.9 Å². The van der Waals surface area contributed by atoms with Gasteiger partial charge in [0.1, 0.15) is 11.7 Å². The fourth-order valence-electron chi connectivity index (χ4n) is 4.30. The van der Waals surface area contributed by atoms with Crippen molar-refractivity contribution < 1.29 is 32.7 Å². The number of nitrogens with zero attached hydrogens (tertiary/aromatic N) is 2. The van der Waals surface area contributed by atoms with E-state index in [2.05, 4.69) is 0 Å². The van der Waals surface area contributed by atoms with Crippen molar-refractivity contribution in [3.63, 3.8) is 0 Å². The van der Waals surface area contributed by atoms with Crippen LogP contribution in [0.25, 0.3) is 0 Å². The predicted molar refractivity (Wildman–Crippen MR) is 112 cm³/mol. The van der Waals surface area contributed by atoms with Crippen molar-refractivity contribution in [3.05, 3.63) is 90.0 Å². The maximum Gasteiger partial charge on any atom is 0.416 e. The minimum Gasteiger partial charge on any atom is -0.508 e. The monoisotopic (exact) mass is 454 g/mol. The van der Waals surface area contributed by atoms with E-state index in [0.717, 1.165) is 23.1 Å². The highest BCUT2D eigenvalue weighted by Gasteiger charge is 2.60. The number of carbonyl (C=O) groups excluding carboxylic acids is 2. The summed E-state index contributed by atoms with van der Waals surface area (Å²) in [5, 5.41) is 11.2. The lowest BCUT2D eigenvalue weighted by Crippen LogP contribution is -2.37. The van der Waals surface area contributed by atoms with E-state index in [-0.39, 0.29) is 11.4 Å². The second kappa shape index (κ2) is 7.63. The van der Waals surface area contributed by atoms with Gasteiger partial charge in [-0.1, -0.05) is 36.4 Å². The molecule has 9 heteroatoms. The molecule has 5 rings (SSSR count). The summed E-state index contributed by atoms with van der Waals surface area (Å²) in [6.45, 7) is 0. The number of para-hydroxylation sites is 1. The number of hydrogen-bond acceptors (Lipinski definition) is 5. The van der Waals surface area contributed by atoms with Gasteiger partial charge in [-0.15, -0.1) is 0 Å². The van der Waals surface area contributed by atoms with Gasteiger partial charge < -0.3 is 5.11 Å². The minimum absolute atomic E-state index is 0.0277. The molecule has 0 radical (unpaired) electrons. The number of benzene rings is 3. The number of anilines is 2. The summed E-state index contributed by atoms with van der Waals surface area (Å²) in [6.07, 6.45) is -5.82. The molecule has 0 bridgehead atoms. The summed E-state index contributed by atoms with van der Waals surface area (Å²) in [6, 6.07) is 18.4. The molecule has 0 aliphatic carbocycles. The number of phenols is 1. The van der Waals surface area contributed by atoms with E-state index in [9.17, 15) is 27.9 Å². The zero-order valence-corrected chi connectivity index (χ0v) is 16.9. The molecule has 2 fully saturated rings. The highest BCUT2D eigenvalue weighted by molar-refractivity contribution is 6.24. The van der Waals surface area contributed by atoms with E-state index in [1.54, 1.807) is 36.4 Å². The largest absolute Gasteiger partial charge is 0.508 e. The maximum atomic E-state index is 13.5. The quantitative estimate of drug-likeness (QED) is 0.592. The summed E-state index contributed by atoms with van der Waals surface area (Å²) in [5.74, 6) is -2.34. The number of hydroxylamine groups is 1. The van der Waals surface area contributed by atoms with E-state index in [4.69, 9.17) is 4.84 Å². The number of halogens is 3. The van der Waals surface area contributed by atoms with Gasteiger partial charge in [-0.05, 0) is 48.0 Å². The van der Waals surface area contributed by atoms with Gasteiger partial charge in [0.25, 0.3) is 5.91 Å². The summed E-state index contributed by atoms with van der Waals surface area (Å²) in [4.78, 5) is 33.4. The van der Waals surface area contributed by atoms with E-state index in [1.165, 1.54) is 23.3 Å². The Kier molecular flexibility index (Phi) is 4.86. The van der Waals surface area contributed by atoms with E-state index < -0.39 is 41.6 Å². The number of imide groups is 1. The minimum atomic E-state index is -4.62. The van der Waals surface area contributed by atoms with Crippen LogP contribution in [0.2, 0.25) is 0 Å². The Labute approximate surface area is 186 Å². The molecule has 33 heavy (non-hydrogen) atoms. The second-order valence-corrected chi connectivity index (χ2v) is 7.81. The molecule has 6 nitrogen and oxygen atoms in total. The molecule has 0 unspecified atom stereocenters. The predicted octanol–water partition coefficient (Wildman–Crippen LogP) is 4.46. The third-order valence-corrected chi connectivity index (χ3v) is 5.79. The normalized spacial score (nSPS) is 22.7. The van der Waals surface area contributed by atoms with Gasteiger partial charge in [-0.3, -0.25) is 14.4 Å². The van der Waals surface area contributed by atoms with Crippen molar-refractivity contribution in [1.29, 1.82) is 0 Å². The Hall–Kier alpha value is -3.85. The van der Waals surface area contributed by atoms with E-state index >= 15 is 0 Å². The third-order valence-electron chi connectivity index (χ3n) is 5.79. The van der Waals surface area contributed by atoms with Crippen molar-refractivity contribution in [2.24, 2.45) is 5.92 Å². The van der Waals surface area contributed by atoms with Crippen LogP contribution < -0.4 is 9.96 Å². The summed E-state index contributed by atoms with van der Waals surface area (Å²) in [5.41, 5.74) is 0.0977. The average molecular weight is 454 g/mol. The molecule has 168 valence electrons. The summed E-state index contributed by atoms with van der Waals surface area (Å²) < 4.78 is 39.6. The third kappa shape index (κ3) is 3.50. The first-order valence-electron chi connectivity index (χ1n) is 10.1. The van der Waals surface area contributed by atoms with Crippen molar-refractivity contribution in [1.82, 2.24) is 0 Å². The van der Waals surface area contributed by atoms with Crippen LogP contribution in [0.1, 0.15) is 17.2 Å². The molecule has 2 aliphatic heterocycles. The van der Waals surface area contributed by atoms with E-state index in [1.807, 2.05) is 6.07 Å². The fraction of sp³-hybridized carbons (Fsp3) is 0.167. The molecule has 3 aromatic carbocycles. The van der Waals surface area contributed by atoms with Gasteiger partial charge in [0.2, 0.25) is 5.91 Å². The topological polar surface area (TPSA) is 70.1 Å². The second-order valence-electron chi connectivity index (χ2n) is 7.81. The Bertz CT molecular complexity index is 1210. The summed E-state index contributed by atoms with van der Waals surface area (Å²) in [7, 11) is 0. The molecule has 2 aliphatic rings. The van der Waals surface area contributed by atoms with Crippen LogP contribution >= 0.6 is 0 Å². The van der Waals surface area contributed by atoms with Crippen molar-refractivity contribution >= 4 is 23.2 Å². The average Bonchev–Trinajstić information content (AvgIpc) is 3.30. The van der Waals surface area contributed by atoms with Crippen LogP contribution in [0.4, 0.5) is 24.5 Å². The molecule has 0 spiro atoms. The Morgan fingerprint density at radius 3 is 2.15 bits per heavy atom. The van der Waals surface area contributed by atoms with Crippen molar-refractivity contribution in [2.45, 2.75) is 18.3 Å². The molecule has 2 heterocycles. The van der Waals surface area contributed by atoms with Gasteiger partial charge in [0.05, 0.1) is 23.0 Å². The Balaban J connectivity index is 1.57. The molecule has 1 N–H and O–H groups in total. The lowest BCUT2D eigenvalue weighted by Gasteiger charge is -2.28. The van der Waals surface area contributed by atoms with Crippen LogP contribution in [0, 0.1) is 5.92 Å². The molecule has 3 aromatic rings. The lowest BCUT2D eigenvalue weighted by atomic mass is 9.90. The van der Waals surface area contributed by atoms with Crippen LogP contribution in [0.5, 0.6) is 5.75 Å². The number of aromatic hydroxyl groups is 1. The lowest BCUT2D eigenvalue weighted by molar-refractivity contribution is -0.137. The van der Waals surface area contributed by atoms with Crippen molar-refractivity contribution in [3.8, 4) is 5.75 Å². The zero-order valence-electron chi connectivity index (χ0n) is 16.9. The van der Waals surface area contributed by atoms with Gasteiger partial charge in [0, 0.05) is 0 Å². The van der Waals surface area contributed by atoms with Gasteiger partial charge in [-0.2, -0.15) is 13.2 Å². The number of phenolic OH excluding ortho intramolecular Hbond substituents is 1. The molecule has 2 amide bonds. The van der Waals surface area contributed by atoms with Gasteiger partial charge >= 0.3 is 6.18 Å². The molecular formula is C24H17F3N2O4. The fourth-order valence-corrected chi connectivity index (χ4v) is 4.30. The van der Waals surface area contributed by atoms with Gasteiger partial charge in [-0.25, -0.2) is 9.96 Å². The number of amides is 2. The zero-order chi connectivity index (χ0) is 23.3. The van der Waals surface area contributed by atoms with Crippen molar-refractivity contribution in [2.75, 3.05) is 9.96 Å². The Morgan fingerprint density at radius 2 is 1.48 bits per heavy atom. The molecule has 2 saturated heterocycles. The first-order chi connectivity index (χ1) is 15.8. The highest BCUT2D eigenvalue weighted by Crippen LogP contribution is 2.48. The number of fused-ring (bicyclic) bond motifs is 1.